The fraction of sp³-hybridized carbons (Fsp3) is 0.500. The standard InChI is InChI=1S/C14H22BrN3O/c1-9(2)8-18(10(3)4)12-7-5-6-11(15)13(12)14(16)17-19/h5-7,9-10,19H,8H2,1-4H3,(H2,16,17). The second-order valence-corrected chi connectivity index (χ2v) is 6.11. The molecule has 0 radical (unpaired) electrons. The molecular weight excluding hydrogens is 306 g/mol. The van der Waals surface area contributed by atoms with Gasteiger partial charge in [0.15, 0.2) is 5.84 Å². The summed E-state index contributed by atoms with van der Waals surface area (Å²) >= 11 is 3.47. The van der Waals surface area contributed by atoms with E-state index in [1.165, 1.54) is 0 Å². The number of benzene rings is 1. The molecule has 0 heterocycles. The van der Waals surface area contributed by atoms with Gasteiger partial charge in [0, 0.05) is 22.7 Å². The van der Waals surface area contributed by atoms with Crippen LogP contribution in [0.25, 0.3) is 0 Å². The van der Waals surface area contributed by atoms with Crippen molar-refractivity contribution in [3.63, 3.8) is 0 Å². The monoisotopic (exact) mass is 327 g/mol. The highest BCUT2D eigenvalue weighted by Gasteiger charge is 2.19. The van der Waals surface area contributed by atoms with Crippen molar-refractivity contribution in [2.24, 2.45) is 16.8 Å². The van der Waals surface area contributed by atoms with Crippen LogP contribution in [0.5, 0.6) is 0 Å². The first-order chi connectivity index (χ1) is 8.88. The Morgan fingerprint density at radius 2 is 2.00 bits per heavy atom. The SMILES string of the molecule is CC(C)CN(c1cccc(Br)c1/C(N)=N/O)C(C)C. The molecule has 19 heavy (non-hydrogen) atoms. The van der Waals surface area contributed by atoms with Gasteiger partial charge in [-0.3, -0.25) is 0 Å². The van der Waals surface area contributed by atoms with Crippen molar-refractivity contribution in [2.45, 2.75) is 33.7 Å². The highest BCUT2D eigenvalue weighted by atomic mass is 79.9. The minimum absolute atomic E-state index is 0.122. The zero-order valence-corrected chi connectivity index (χ0v) is 13.5. The van der Waals surface area contributed by atoms with Crippen LogP contribution in [-0.2, 0) is 0 Å². The summed E-state index contributed by atoms with van der Waals surface area (Å²) in [6, 6.07) is 6.19. The van der Waals surface area contributed by atoms with Gasteiger partial charge in [0.2, 0.25) is 0 Å². The van der Waals surface area contributed by atoms with Crippen LogP contribution >= 0.6 is 15.9 Å². The van der Waals surface area contributed by atoms with Gasteiger partial charge < -0.3 is 15.8 Å². The predicted octanol–water partition coefficient (Wildman–Crippen LogP) is 3.41. The number of nitrogens with zero attached hydrogens (tertiary/aromatic N) is 2. The molecule has 0 spiro atoms. The molecule has 1 rings (SSSR count). The van der Waals surface area contributed by atoms with E-state index in [0.29, 0.717) is 12.0 Å². The molecule has 0 saturated heterocycles. The molecule has 0 saturated carbocycles. The van der Waals surface area contributed by atoms with Gasteiger partial charge in [-0.1, -0.05) is 25.1 Å². The summed E-state index contributed by atoms with van der Waals surface area (Å²) in [6.07, 6.45) is 0. The molecule has 0 aliphatic carbocycles. The molecule has 4 nitrogen and oxygen atoms in total. The largest absolute Gasteiger partial charge is 0.409 e. The molecule has 3 N–H and O–H groups in total. The van der Waals surface area contributed by atoms with Crippen molar-refractivity contribution < 1.29 is 5.21 Å². The van der Waals surface area contributed by atoms with Crippen molar-refractivity contribution in [3.05, 3.63) is 28.2 Å². The Kier molecular flexibility index (Phi) is 5.66. The van der Waals surface area contributed by atoms with Gasteiger partial charge in [-0.2, -0.15) is 0 Å². The van der Waals surface area contributed by atoms with Gasteiger partial charge in [-0.15, -0.1) is 0 Å². The lowest BCUT2D eigenvalue weighted by Gasteiger charge is -2.32. The summed E-state index contributed by atoms with van der Waals surface area (Å²) in [5.74, 6) is 0.651. The molecule has 1 aromatic rings. The minimum atomic E-state index is 0.122. The Bertz CT molecular complexity index is 458. The van der Waals surface area contributed by atoms with Crippen LogP contribution < -0.4 is 10.6 Å². The Morgan fingerprint density at radius 1 is 1.37 bits per heavy atom. The van der Waals surface area contributed by atoms with Gasteiger partial charge >= 0.3 is 0 Å². The smallest absolute Gasteiger partial charge is 0.173 e. The first-order valence-corrected chi connectivity index (χ1v) is 7.20. The number of amidine groups is 1. The lowest BCUT2D eigenvalue weighted by molar-refractivity contribution is 0.318. The Labute approximate surface area is 123 Å². The zero-order chi connectivity index (χ0) is 14.6. The number of oxime groups is 1. The third-order valence-corrected chi connectivity index (χ3v) is 3.51. The quantitative estimate of drug-likeness (QED) is 0.377. The van der Waals surface area contributed by atoms with E-state index in [2.05, 4.69) is 53.7 Å². The Balaban J connectivity index is 3.34. The van der Waals surface area contributed by atoms with Gasteiger partial charge in [0.1, 0.15) is 0 Å². The van der Waals surface area contributed by atoms with E-state index < -0.39 is 0 Å². The summed E-state index contributed by atoms with van der Waals surface area (Å²) in [6.45, 7) is 9.55. The van der Waals surface area contributed by atoms with Crippen molar-refractivity contribution in [1.82, 2.24) is 0 Å². The van der Waals surface area contributed by atoms with E-state index in [4.69, 9.17) is 10.9 Å². The van der Waals surface area contributed by atoms with E-state index in [9.17, 15) is 0 Å². The van der Waals surface area contributed by atoms with Crippen molar-refractivity contribution >= 4 is 27.5 Å². The summed E-state index contributed by atoms with van der Waals surface area (Å²) in [5.41, 5.74) is 7.52. The second kappa shape index (κ2) is 6.80. The third-order valence-electron chi connectivity index (χ3n) is 2.85. The molecule has 0 amide bonds. The van der Waals surface area contributed by atoms with Crippen LogP contribution in [0.3, 0.4) is 0 Å². The zero-order valence-electron chi connectivity index (χ0n) is 11.9. The maximum absolute atomic E-state index is 8.96. The highest BCUT2D eigenvalue weighted by molar-refractivity contribution is 9.10. The summed E-state index contributed by atoms with van der Waals surface area (Å²) in [4.78, 5) is 2.27. The van der Waals surface area contributed by atoms with Crippen LogP contribution in [0.1, 0.15) is 33.3 Å². The number of nitrogens with two attached hydrogens (primary N) is 1. The molecule has 5 heteroatoms. The van der Waals surface area contributed by atoms with E-state index in [1.807, 2.05) is 18.2 Å². The fourth-order valence-corrected chi connectivity index (χ4v) is 2.60. The number of rotatable bonds is 5. The molecule has 0 atom stereocenters. The third kappa shape index (κ3) is 3.86. The van der Waals surface area contributed by atoms with Gasteiger partial charge in [0.25, 0.3) is 0 Å². The lowest BCUT2D eigenvalue weighted by atomic mass is 10.1. The molecule has 0 fully saturated rings. The maximum Gasteiger partial charge on any atom is 0.173 e. The predicted molar refractivity (Wildman–Crippen MR) is 84.0 cm³/mol. The topological polar surface area (TPSA) is 61.8 Å². The number of anilines is 1. The van der Waals surface area contributed by atoms with E-state index in [1.54, 1.807) is 0 Å². The summed E-state index contributed by atoms with van der Waals surface area (Å²) in [7, 11) is 0. The van der Waals surface area contributed by atoms with Gasteiger partial charge in [-0.25, -0.2) is 0 Å². The van der Waals surface area contributed by atoms with Crippen LogP contribution in [0.15, 0.2) is 27.8 Å². The number of halogens is 1. The van der Waals surface area contributed by atoms with Crippen LogP contribution in [0, 0.1) is 5.92 Å². The molecule has 0 aromatic heterocycles. The van der Waals surface area contributed by atoms with Crippen molar-refractivity contribution in [1.29, 1.82) is 0 Å². The van der Waals surface area contributed by atoms with E-state index in [-0.39, 0.29) is 5.84 Å². The van der Waals surface area contributed by atoms with Gasteiger partial charge in [0.05, 0.1) is 5.56 Å². The molecular formula is C14H22BrN3O. The minimum Gasteiger partial charge on any atom is -0.409 e. The summed E-state index contributed by atoms with van der Waals surface area (Å²) < 4.78 is 0.828. The van der Waals surface area contributed by atoms with Crippen LogP contribution in [0.4, 0.5) is 5.69 Å². The molecule has 0 aliphatic heterocycles. The first kappa shape index (κ1) is 15.8. The van der Waals surface area contributed by atoms with Crippen molar-refractivity contribution in [2.75, 3.05) is 11.4 Å². The summed E-state index contributed by atoms with van der Waals surface area (Å²) in [5, 5.41) is 12.1. The van der Waals surface area contributed by atoms with Crippen LogP contribution in [0.2, 0.25) is 0 Å². The highest BCUT2D eigenvalue weighted by Crippen LogP contribution is 2.29. The molecule has 106 valence electrons. The van der Waals surface area contributed by atoms with Crippen molar-refractivity contribution in [3.8, 4) is 0 Å². The molecule has 1 aromatic carbocycles. The Hall–Kier alpha value is -1.23. The second-order valence-electron chi connectivity index (χ2n) is 5.26. The Morgan fingerprint density at radius 3 is 2.47 bits per heavy atom. The number of hydrogen-bond acceptors (Lipinski definition) is 3. The number of hydrogen-bond donors (Lipinski definition) is 2. The van der Waals surface area contributed by atoms with E-state index >= 15 is 0 Å². The molecule has 0 unspecified atom stereocenters. The maximum atomic E-state index is 8.96. The lowest BCUT2D eigenvalue weighted by Crippen LogP contribution is -2.36. The average Bonchev–Trinajstić information content (AvgIpc) is 2.34. The molecule has 0 bridgehead atoms. The van der Waals surface area contributed by atoms with E-state index in [0.717, 1.165) is 22.3 Å². The van der Waals surface area contributed by atoms with Gasteiger partial charge in [-0.05, 0) is 47.8 Å². The molecule has 0 aliphatic rings. The van der Waals surface area contributed by atoms with Crippen LogP contribution in [-0.4, -0.2) is 23.6 Å². The first-order valence-electron chi connectivity index (χ1n) is 6.41. The normalized spacial score (nSPS) is 12.3. The fourth-order valence-electron chi connectivity index (χ4n) is 2.04. The average molecular weight is 328 g/mol.